The van der Waals surface area contributed by atoms with Crippen LogP contribution in [0, 0.1) is 5.92 Å². The number of likely N-dealkylation sites (N-methyl/N-ethyl adjacent to an activating group) is 1. The summed E-state index contributed by atoms with van der Waals surface area (Å²) in [5, 5.41) is 0. The Labute approximate surface area is 106 Å². The second-order valence-electron chi connectivity index (χ2n) is 5.50. The van der Waals surface area contributed by atoms with Crippen molar-refractivity contribution in [3.05, 3.63) is 0 Å². The predicted molar refractivity (Wildman–Crippen MR) is 72.2 cm³/mol. The molecule has 0 amide bonds. The number of ether oxygens (including phenoxy) is 1. The maximum atomic E-state index is 5.61. The second-order valence-corrected chi connectivity index (χ2v) is 5.50. The molecule has 0 saturated carbocycles. The molecule has 1 aliphatic rings. The van der Waals surface area contributed by atoms with Gasteiger partial charge in [-0.15, -0.1) is 0 Å². The summed E-state index contributed by atoms with van der Waals surface area (Å²) in [5.41, 5.74) is 5.61. The van der Waals surface area contributed by atoms with E-state index in [9.17, 15) is 0 Å². The zero-order valence-electron chi connectivity index (χ0n) is 11.9. The SMILES string of the molecule is COCC(CCCN)N1CC(C)C(N(C)C)C1. The van der Waals surface area contributed by atoms with Gasteiger partial charge in [0, 0.05) is 32.3 Å². The minimum atomic E-state index is 0.538. The average molecular weight is 243 g/mol. The molecule has 0 aromatic heterocycles. The van der Waals surface area contributed by atoms with Gasteiger partial charge < -0.3 is 15.4 Å². The molecule has 102 valence electrons. The number of methoxy groups -OCH3 is 1. The standard InChI is InChI=1S/C13H29N3O/c1-11-8-16(9-13(11)15(2)3)12(10-17-4)6-5-7-14/h11-13H,5-10,14H2,1-4H3. The summed E-state index contributed by atoms with van der Waals surface area (Å²) < 4.78 is 5.35. The quantitative estimate of drug-likeness (QED) is 0.712. The molecule has 0 aromatic carbocycles. The minimum Gasteiger partial charge on any atom is -0.383 e. The van der Waals surface area contributed by atoms with Gasteiger partial charge in [-0.2, -0.15) is 0 Å². The lowest BCUT2D eigenvalue weighted by Gasteiger charge is -2.28. The Morgan fingerprint density at radius 3 is 2.59 bits per heavy atom. The third-order valence-corrected chi connectivity index (χ3v) is 3.88. The molecule has 4 heteroatoms. The zero-order chi connectivity index (χ0) is 12.8. The van der Waals surface area contributed by atoms with Crippen molar-refractivity contribution in [2.45, 2.75) is 31.8 Å². The van der Waals surface area contributed by atoms with E-state index in [-0.39, 0.29) is 0 Å². The van der Waals surface area contributed by atoms with E-state index in [1.807, 2.05) is 0 Å². The van der Waals surface area contributed by atoms with Gasteiger partial charge >= 0.3 is 0 Å². The smallest absolute Gasteiger partial charge is 0.0618 e. The third-order valence-electron chi connectivity index (χ3n) is 3.88. The van der Waals surface area contributed by atoms with Gasteiger partial charge in [-0.25, -0.2) is 0 Å². The van der Waals surface area contributed by atoms with E-state index in [0.717, 1.165) is 38.5 Å². The number of likely N-dealkylation sites (tertiary alicyclic amines) is 1. The Hall–Kier alpha value is -0.160. The molecule has 1 aliphatic heterocycles. The third kappa shape index (κ3) is 4.21. The van der Waals surface area contributed by atoms with Crippen molar-refractivity contribution < 1.29 is 4.74 Å². The lowest BCUT2D eigenvalue weighted by molar-refractivity contribution is 0.0942. The maximum Gasteiger partial charge on any atom is 0.0618 e. The van der Waals surface area contributed by atoms with E-state index in [4.69, 9.17) is 10.5 Å². The van der Waals surface area contributed by atoms with Crippen LogP contribution in [0.2, 0.25) is 0 Å². The molecular weight excluding hydrogens is 214 g/mol. The second kappa shape index (κ2) is 7.31. The lowest BCUT2D eigenvalue weighted by atomic mass is 10.1. The fraction of sp³-hybridized carbons (Fsp3) is 1.00. The van der Waals surface area contributed by atoms with Gasteiger partial charge in [0.25, 0.3) is 0 Å². The molecule has 3 atom stereocenters. The minimum absolute atomic E-state index is 0.538. The molecule has 17 heavy (non-hydrogen) atoms. The monoisotopic (exact) mass is 243 g/mol. The molecule has 1 rings (SSSR count). The van der Waals surface area contributed by atoms with Crippen LogP contribution in [0.5, 0.6) is 0 Å². The fourth-order valence-corrected chi connectivity index (χ4v) is 2.87. The van der Waals surface area contributed by atoms with Crippen LogP contribution in [0.1, 0.15) is 19.8 Å². The van der Waals surface area contributed by atoms with E-state index < -0.39 is 0 Å². The Kier molecular flexibility index (Phi) is 6.41. The first-order valence-corrected chi connectivity index (χ1v) is 6.69. The highest BCUT2D eigenvalue weighted by atomic mass is 16.5. The Morgan fingerprint density at radius 1 is 1.41 bits per heavy atom. The van der Waals surface area contributed by atoms with Crippen LogP contribution in [0.4, 0.5) is 0 Å². The normalized spacial score (nSPS) is 27.9. The fourth-order valence-electron chi connectivity index (χ4n) is 2.87. The van der Waals surface area contributed by atoms with E-state index in [1.54, 1.807) is 7.11 Å². The van der Waals surface area contributed by atoms with Gasteiger partial charge in [0.05, 0.1) is 6.61 Å². The molecule has 0 aliphatic carbocycles. The first kappa shape index (κ1) is 14.9. The van der Waals surface area contributed by atoms with Crippen molar-refractivity contribution in [2.24, 2.45) is 11.7 Å². The van der Waals surface area contributed by atoms with Crippen LogP contribution < -0.4 is 5.73 Å². The van der Waals surface area contributed by atoms with Crippen LogP contribution in [0.25, 0.3) is 0 Å². The van der Waals surface area contributed by atoms with Crippen molar-refractivity contribution in [1.82, 2.24) is 9.80 Å². The van der Waals surface area contributed by atoms with Crippen LogP contribution >= 0.6 is 0 Å². The Morgan fingerprint density at radius 2 is 2.12 bits per heavy atom. The first-order valence-electron chi connectivity index (χ1n) is 6.69. The van der Waals surface area contributed by atoms with Gasteiger partial charge in [0.15, 0.2) is 0 Å². The van der Waals surface area contributed by atoms with Gasteiger partial charge in [0.1, 0.15) is 0 Å². The molecule has 4 nitrogen and oxygen atoms in total. The lowest BCUT2D eigenvalue weighted by Crippen LogP contribution is -2.40. The molecule has 0 spiro atoms. The molecule has 0 radical (unpaired) electrons. The maximum absolute atomic E-state index is 5.61. The largest absolute Gasteiger partial charge is 0.383 e. The van der Waals surface area contributed by atoms with Crippen LogP contribution in [-0.2, 0) is 4.74 Å². The zero-order valence-corrected chi connectivity index (χ0v) is 11.9. The summed E-state index contributed by atoms with van der Waals surface area (Å²) in [7, 11) is 6.14. The van der Waals surface area contributed by atoms with E-state index in [0.29, 0.717) is 12.1 Å². The topological polar surface area (TPSA) is 41.7 Å². The number of nitrogens with zero attached hydrogens (tertiary/aromatic N) is 2. The number of hydrogen-bond donors (Lipinski definition) is 1. The van der Waals surface area contributed by atoms with Crippen LogP contribution in [0.15, 0.2) is 0 Å². The molecule has 3 unspecified atom stereocenters. The molecule has 1 fully saturated rings. The Bertz CT molecular complexity index is 211. The van der Waals surface area contributed by atoms with E-state index >= 15 is 0 Å². The van der Waals surface area contributed by atoms with Crippen molar-refractivity contribution in [1.29, 1.82) is 0 Å². The molecule has 0 bridgehead atoms. The summed E-state index contributed by atoms with van der Waals surface area (Å²) in [6.45, 7) is 6.29. The van der Waals surface area contributed by atoms with Crippen molar-refractivity contribution in [2.75, 3.05) is 47.4 Å². The molecule has 1 heterocycles. The van der Waals surface area contributed by atoms with Gasteiger partial charge in [-0.05, 0) is 39.4 Å². The molecule has 2 N–H and O–H groups in total. The average Bonchev–Trinajstić information content (AvgIpc) is 2.66. The van der Waals surface area contributed by atoms with Gasteiger partial charge in [-0.3, -0.25) is 4.90 Å². The van der Waals surface area contributed by atoms with Crippen LogP contribution in [-0.4, -0.2) is 69.3 Å². The summed E-state index contributed by atoms with van der Waals surface area (Å²) in [6.07, 6.45) is 2.24. The van der Waals surface area contributed by atoms with E-state index in [2.05, 4.69) is 30.8 Å². The number of hydrogen-bond acceptors (Lipinski definition) is 4. The highest BCUT2D eigenvalue weighted by molar-refractivity contribution is 4.89. The van der Waals surface area contributed by atoms with Crippen LogP contribution in [0.3, 0.4) is 0 Å². The summed E-state index contributed by atoms with van der Waals surface area (Å²) >= 11 is 0. The van der Waals surface area contributed by atoms with Crippen molar-refractivity contribution >= 4 is 0 Å². The van der Waals surface area contributed by atoms with Gasteiger partial charge in [0.2, 0.25) is 0 Å². The number of rotatable bonds is 7. The molecule has 0 aromatic rings. The predicted octanol–water partition coefficient (Wildman–Crippen LogP) is 0.622. The molecular formula is C13H29N3O. The summed E-state index contributed by atoms with van der Waals surface area (Å²) in [4.78, 5) is 4.92. The first-order chi connectivity index (χ1) is 8.10. The number of nitrogens with two attached hydrogens (primary N) is 1. The molecule has 1 saturated heterocycles. The van der Waals surface area contributed by atoms with Crippen molar-refractivity contribution in [3.8, 4) is 0 Å². The summed E-state index contributed by atoms with van der Waals surface area (Å²) in [5.74, 6) is 0.738. The van der Waals surface area contributed by atoms with Crippen molar-refractivity contribution in [3.63, 3.8) is 0 Å². The highest BCUT2D eigenvalue weighted by Crippen LogP contribution is 2.23. The Balaban J connectivity index is 2.51. The highest BCUT2D eigenvalue weighted by Gasteiger charge is 2.34. The summed E-state index contributed by atoms with van der Waals surface area (Å²) in [6, 6.07) is 1.21. The van der Waals surface area contributed by atoms with Gasteiger partial charge in [-0.1, -0.05) is 6.92 Å². The van der Waals surface area contributed by atoms with E-state index in [1.165, 1.54) is 6.54 Å².